The highest BCUT2D eigenvalue weighted by molar-refractivity contribution is 6.34. The molecule has 7 rings (SSSR count). The summed E-state index contributed by atoms with van der Waals surface area (Å²) >= 11 is 0. The van der Waals surface area contributed by atoms with E-state index in [1.165, 1.54) is 48.5 Å². The third-order valence-corrected chi connectivity index (χ3v) is 6.44. The second-order valence-electron chi connectivity index (χ2n) is 8.14. The summed E-state index contributed by atoms with van der Waals surface area (Å²) in [5.74, 6) is 0.695. The van der Waals surface area contributed by atoms with E-state index < -0.39 is 0 Å². The largest absolute Gasteiger partial charge is 0.225 e. The summed E-state index contributed by atoms with van der Waals surface area (Å²) in [6, 6.07) is 32.8. The smallest absolute Gasteiger partial charge is 0.163 e. The maximum absolute atomic E-state index is 4.47. The van der Waals surface area contributed by atoms with E-state index >= 15 is 0 Å². The van der Waals surface area contributed by atoms with Crippen LogP contribution in [0.2, 0.25) is 0 Å². The van der Waals surface area contributed by atoms with E-state index in [1.54, 1.807) is 12.7 Å². The van der Waals surface area contributed by atoms with Gasteiger partial charge in [-0.15, -0.1) is 0 Å². The highest BCUT2D eigenvalue weighted by atomic mass is 15.0. The van der Waals surface area contributed by atoms with Gasteiger partial charge in [0.1, 0.15) is 12.7 Å². The lowest BCUT2D eigenvalue weighted by Gasteiger charge is -2.16. The molecule has 0 bridgehead atoms. The zero-order valence-electron chi connectivity index (χ0n) is 17.2. The molecule has 0 aliphatic carbocycles. The lowest BCUT2D eigenvalue weighted by Crippen LogP contribution is -1.93. The van der Waals surface area contributed by atoms with Gasteiger partial charge >= 0.3 is 0 Å². The van der Waals surface area contributed by atoms with Crippen molar-refractivity contribution in [1.82, 2.24) is 15.0 Å². The summed E-state index contributed by atoms with van der Waals surface area (Å²) in [6.07, 6.45) is 3.12. The van der Waals surface area contributed by atoms with Crippen LogP contribution < -0.4 is 0 Å². The van der Waals surface area contributed by atoms with Crippen molar-refractivity contribution in [2.24, 2.45) is 0 Å². The summed E-state index contributed by atoms with van der Waals surface area (Å²) in [7, 11) is 0. The van der Waals surface area contributed by atoms with Gasteiger partial charge < -0.3 is 0 Å². The Balaban J connectivity index is 1.80. The van der Waals surface area contributed by atoms with Gasteiger partial charge in [-0.1, -0.05) is 72.8 Å². The standard InChI is InChI=1S/C29H17N3/c1-2-8-19-14-25-24(13-18(19)7-1)20-9-3-4-10-21(20)26-15-27(29-31-16-30-17-32-29)22-11-5-6-12-23(22)28(25)26/h1-17H. The molecule has 0 atom stereocenters. The van der Waals surface area contributed by atoms with Crippen molar-refractivity contribution in [1.29, 1.82) is 0 Å². The zero-order chi connectivity index (χ0) is 21.1. The molecule has 0 unspecified atom stereocenters. The Kier molecular flexibility index (Phi) is 3.55. The fraction of sp³-hybridized carbons (Fsp3) is 0. The predicted octanol–water partition coefficient (Wildman–Crippen LogP) is 7.30. The minimum absolute atomic E-state index is 0.695. The lowest BCUT2D eigenvalue weighted by molar-refractivity contribution is 1.06. The monoisotopic (exact) mass is 407 g/mol. The minimum Gasteiger partial charge on any atom is -0.225 e. The first kappa shape index (κ1) is 17.3. The average Bonchev–Trinajstić information content (AvgIpc) is 2.87. The van der Waals surface area contributed by atoms with Crippen LogP contribution in [0.25, 0.3) is 65.3 Å². The van der Waals surface area contributed by atoms with E-state index in [4.69, 9.17) is 0 Å². The zero-order valence-corrected chi connectivity index (χ0v) is 17.2. The van der Waals surface area contributed by atoms with E-state index in [1.807, 2.05) is 0 Å². The van der Waals surface area contributed by atoms with Crippen molar-refractivity contribution in [3.8, 4) is 11.4 Å². The van der Waals surface area contributed by atoms with E-state index in [-0.39, 0.29) is 0 Å². The molecule has 0 amide bonds. The van der Waals surface area contributed by atoms with Gasteiger partial charge in [0.25, 0.3) is 0 Å². The van der Waals surface area contributed by atoms with E-state index in [0.717, 1.165) is 10.9 Å². The quantitative estimate of drug-likeness (QED) is 0.212. The number of hydrogen-bond donors (Lipinski definition) is 0. The number of benzene rings is 6. The Bertz CT molecular complexity index is 1820. The summed E-state index contributed by atoms with van der Waals surface area (Å²) in [6.45, 7) is 0. The number of aromatic nitrogens is 3. The molecule has 148 valence electrons. The predicted molar refractivity (Wildman–Crippen MR) is 133 cm³/mol. The van der Waals surface area contributed by atoms with E-state index in [2.05, 4.69) is 106 Å². The fourth-order valence-electron chi connectivity index (χ4n) is 5.06. The molecule has 0 aliphatic rings. The van der Waals surface area contributed by atoms with Gasteiger partial charge in [-0.05, 0) is 72.1 Å². The molecule has 1 aromatic heterocycles. The van der Waals surface area contributed by atoms with Crippen molar-refractivity contribution in [3.63, 3.8) is 0 Å². The molecule has 0 saturated carbocycles. The molecule has 6 aromatic carbocycles. The molecule has 0 N–H and O–H groups in total. The van der Waals surface area contributed by atoms with Gasteiger partial charge in [0, 0.05) is 5.56 Å². The normalized spacial score (nSPS) is 11.8. The van der Waals surface area contributed by atoms with Gasteiger partial charge in [-0.3, -0.25) is 0 Å². The van der Waals surface area contributed by atoms with Crippen LogP contribution in [0, 0.1) is 0 Å². The third-order valence-electron chi connectivity index (χ3n) is 6.44. The molecule has 32 heavy (non-hydrogen) atoms. The van der Waals surface area contributed by atoms with Gasteiger partial charge in [-0.25, -0.2) is 15.0 Å². The van der Waals surface area contributed by atoms with Crippen LogP contribution in [-0.4, -0.2) is 15.0 Å². The molecular weight excluding hydrogens is 390 g/mol. The van der Waals surface area contributed by atoms with Gasteiger partial charge in [0.05, 0.1) is 0 Å². The number of hydrogen-bond acceptors (Lipinski definition) is 3. The Morgan fingerprint density at radius 3 is 1.69 bits per heavy atom. The molecule has 1 heterocycles. The first-order chi connectivity index (χ1) is 15.9. The van der Waals surface area contributed by atoms with Crippen LogP contribution in [0.15, 0.2) is 104 Å². The van der Waals surface area contributed by atoms with Crippen molar-refractivity contribution in [2.45, 2.75) is 0 Å². The number of fused-ring (bicyclic) bond motifs is 9. The van der Waals surface area contributed by atoms with Crippen LogP contribution in [0.4, 0.5) is 0 Å². The average molecular weight is 407 g/mol. The van der Waals surface area contributed by atoms with E-state index in [0.29, 0.717) is 5.82 Å². The Hall–Kier alpha value is -4.37. The van der Waals surface area contributed by atoms with Crippen LogP contribution >= 0.6 is 0 Å². The van der Waals surface area contributed by atoms with Crippen molar-refractivity contribution in [2.75, 3.05) is 0 Å². The Morgan fingerprint density at radius 1 is 0.438 bits per heavy atom. The van der Waals surface area contributed by atoms with Gasteiger partial charge in [0.2, 0.25) is 0 Å². The van der Waals surface area contributed by atoms with Crippen LogP contribution in [0.1, 0.15) is 0 Å². The van der Waals surface area contributed by atoms with Gasteiger partial charge in [0.15, 0.2) is 5.82 Å². The Labute approximate surface area is 184 Å². The van der Waals surface area contributed by atoms with Crippen LogP contribution in [0.3, 0.4) is 0 Å². The third kappa shape index (κ3) is 2.39. The molecule has 0 spiro atoms. The van der Waals surface area contributed by atoms with E-state index in [9.17, 15) is 0 Å². The molecular formula is C29H17N3. The van der Waals surface area contributed by atoms with Crippen molar-refractivity contribution in [3.05, 3.63) is 104 Å². The molecule has 0 fully saturated rings. The maximum atomic E-state index is 4.47. The number of rotatable bonds is 1. The molecule has 0 radical (unpaired) electrons. The minimum atomic E-state index is 0.695. The first-order valence-corrected chi connectivity index (χ1v) is 10.7. The summed E-state index contributed by atoms with van der Waals surface area (Å²) in [4.78, 5) is 12.9. The molecule has 0 aliphatic heterocycles. The van der Waals surface area contributed by atoms with Crippen LogP contribution in [0.5, 0.6) is 0 Å². The first-order valence-electron chi connectivity index (χ1n) is 10.7. The number of nitrogens with zero attached hydrogens (tertiary/aromatic N) is 3. The van der Waals surface area contributed by atoms with Crippen molar-refractivity contribution >= 4 is 53.9 Å². The van der Waals surface area contributed by atoms with Crippen LogP contribution in [-0.2, 0) is 0 Å². The lowest BCUT2D eigenvalue weighted by atomic mass is 9.88. The highest BCUT2D eigenvalue weighted by Gasteiger charge is 2.16. The second-order valence-corrected chi connectivity index (χ2v) is 8.14. The highest BCUT2D eigenvalue weighted by Crippen LogP contribution is 2.42. The second kappa shape index (κ2) is 6.56. The maximum Gasteiger partial charge on any atom is 0.163 e. The van der Waals surface area contributed by atoms with Crippen molar-refractivity contribution < 1.29 is 0 Å². The summed E-state index contributed by atoms with van der Waals surface area (Å²) < 4.78 is 0. The fourth-order valence-corrected chi connectivity index (χ4v) is 5.06. The van der Waals surface area contributed by atoms with Gasteiger partial charge in [-0.2, -0.15) is 0 Å². The molecule has 7 aromatic rings. The molecule has 3 nitrogen and oxygen atoms in total. The SMILES string of the molecule is c1ccc2cc3c(cc2c1)c1ccccc1c1cc(-c2ncncn2)c2ccccc2c13. The summed E-state index contributed by atoms with van der Waals surface area (Å²) in [5.41, 5.74) is 1.03. The molecule has 0 saturated heterocycles. The Morgan fingerprint density at radius 2 is 0.969 bits per heavy atom. The topological polar surface area (TPSA) is 38.7 Å². The molecule has 3 heteroatoms. The summed E-state index contributed by atoms with van der Waals surface area (Å²) in [5, 5.41) is 12.4.